The number of hydrogen-bond donors (Lipinski definition) is 1. The third kappa shape index (κ3) is 5.63. The Labute approximate surface area is 228 Å². The number of carboxylic acid groups (broad SMARTS) is 1. The van der Waals surface area contributed by atoms with Gasteiger partial charge in [-0.3, -0.25) is 9.59 Å². The van der Waals surface area contributed by atoms with E-state index in [2.05, 4.69) is 0 Å². The maximum atomic E-state index is 13.8. The van der Waals surface area contributed by atoms with E-state index in [9.17, 15) is 19.5 Å². The summed E-state index contributed by atoms with van der Waals surface area (Å²) < 4.78 is 5.89. The minimum atomic E-state index is -1.38. The average molecular weight is 532 g/mol. The molecule has 3 aromatic carbocycles. The molecule has 1 N–H and O–H groups in total. The Morgan fingerprint density at radius 3 is 2.08 bits per heavy atom. The minimum Gasteiger partial charge on any atom is -0.478 e. The van der Waals surface area contributed by atoms with Crippen LogP contribution in [-0.4, -0.2) is 52.6 Å². The van der Waals surface area contributed by atoms with Crippen molar-refractivity contribution in [1.29, 1.82) is 0 Å². The summed E-state index contributed by atoms with van der Waals surface area (Å²) in [5, 5.41) is 9.52. The smallest absolute Gasteiger partial charge is 0.347 e. The molecule has 198 valence electrons. The van der Waals surface area contributed by atoms with Crippen LogP contribution in [0.3, 0.4) is 0 Å². The van der Waals surface area contributed by atoms with Gasteiger partial charge in [-0.05, 0) is 74.9 Å². The van der Waals surface area contributed by atoms with Crippen molar-refractivity contribution >= 4 is 29.4 Å². The standard InChI is InChI=1S/C31H33NO5S/c1-19-15-23(16-20(2)28(19)37-31(3,4)30(35)36)25-17-32(29(34)22-9-7-6-8-10-22)18-26(25)27(33)21-11-13-24(38-5)14-12-21/h6-16,25-26H,17-18H2,1-5H3,(H,35,36)/t25-,26+/m1/s1. The zero-order valence-electron chi connectivity index (χ0n) is 22.4. The van der Waals surface area contributed by atoms with Crippen LogP contribution in [0.1, 0.15) is 57.2 Å². The number of ketones is 1. The maximum absolute atomic E-state index is 13.8. The van der Waals surface area contributed by atoms with Gasteiger partial charge < -0.3 is 14.7 Å². The number of carboxylic acids is 1. The molecule has 7 heteroatoms. The lowest BCUT2D eigenvalue weighted by Gasteiger charge is -2.26. The van der Waals surface area contributed by atoms with Crippen molar-refractivity contribution in [3.05, 3.63) is 94.5 Å². The van der Waals surface area contributed by atoms with E-state index in [4.69, 9.17) is 4.74 Å². The first kappa shape index (κ1) is 27.5. The van der Waals surface area contributed by atoms with Crippen LogP contribution < -0.4 is 4.74 Å². The first-order valence-electron chi connectivity index (χ1n) is 12.6. The highest BCUT2D eigenvalue weighted by atomic mass is 32.2. The SMILES string of the molecule is CSc1ccc(C(=O)[C@H]2CN(C(=O)c3ccccc3)C[C@@H]2c2cc(C)c(OC(C)(C)C(=O)O)c(C)c2)cc1. The van der Waals surface area contributed by atoms with E-state index >= 15 is 0 Å². The van der Waals surface area contributed by atoms with E-state index in [1.165, 1.54) is 13.8 Å². The summed E-state index contributed by atoms with van der Waals surface area (Å²) in [5.74, 6) is -1.25. The van der Waals surface area contributed by atoms with Gasteiger partial charge in [-0.25, -0.2) is 4.79 Å². The number of Topliss-reactive ketones (excluding diaryl/α,β-unsaturated/α-hetero) is 1. The van der Waals surface area contributed by atoms with Crippen LogP contribution in [0.25, 0.3) is 0 Å². The molecule has 1 heterocycles. The van der Waals surface area contributed by atoms with Gasteiger partial charge in [0.15, 0.2) is 11.4 Å². The number of carbonyl (C=O) groups excluding carboxylic acids is 2. The third-order valence-electron chi connectivity index (χ3n) is 7.12. The highest BCUT2D eigenvalue weighted by Gasteiger charge is 2.41. The van der Waals surface area contributed by atoms with Crippen molar-refractivity contribution in [2.24, 2.45) is 5.92 Å². The number of ether oxygens (including phenoxy) is 1. The monoisotopic (exact) mass is 531 g/mol. The number of nitrogens with zero attached hydrogens (tertiary/aromatic N) is 1. The van der Waals surface area contributed by atoms with Crippen LogP contribution in [0.4, 0.5) is 0 Å². The lowest BCUT2D eigenvalue weighted by Crippen LogP contribution is -2.38. The van der Waals surface area contributed by atoms with Crippen molar-refractivity contribution < 1.29 is 24.2 Å². The van der Waals surface area contributed by atoms with Gasteiger partial charge in [0.1, 0.15) is 5.75 Å². The molecule has 1 fully saturated rings. The normalized spacial score (nSPS) is 17.3. The molecular weight excluding hydrogens is 498 g/mol. The van der Waals surface area contributed by atoms with E-state index in [1.54, 1.807) is 28.8 Å². The molecule has 0 bridgehead atoms. The van der Waals surface area contributed by atoms with Crippen molar-refractivity contribution in [2.75, 3.05) is 19.3 Å². The molecule has 1 amide bonds. The summed E-state index contributed by atoms with van der Waals surface area (Å²) in [6.07, 6.45) is 1.99. The van der Waals surface area contributed by atoms with Crippen LogP contribution in [-0.2, 0) is 4.79 Å². The van der Waals surface area contributed by atoms with E-state index < -0.39 is 17.5 Å². The van der Waals surface area contributed by atoms with Gasteiger partial charge in [0.05, 0.1) is 0 Å². The molecule has 0 saturated carbocycles. The maximum Gasteiger partial charge on any atom is 0.347 e. The van der Waals surface area contributed by atoms with Gasteiger partial charge >= 0.3 is 5.97 Å². The van der Waals surface area contributed by atoms with E-state index in [-0.39, 0.29) is 17.6 Å². The molecule has 0 aliphatic carbocycles. The largest absolute Gasteiger partial charge is 0.478 e. The fourth-order valence-electron chi connectivity index (χ4n) is 4.96. The van der Waals surface area contributed by atoms with Crippen molar-refractivity contribution in [3.63, 3.8) is 0 Å². The fraction of sp³-hybridized carbons (Fsp3) is 0.323. The minimum absolute atomic E-state index is 0.00802. The summed E-state index contributed by atoms with van der Waals surface area (Å²) in [6, 6.07) is 20.6. The van der Waals surface area contributed by atoms with Crippen molar-refractivity contribution in [2.45, 2.75) is 44.1 Å². The molecule has 1 saturated heterocycles. The van der Waals surface area contributed by atoms with Gasteiger partial charge in [0.25, 0.3) is 5.91 Å². The second-order valence-corrected chi connectivity index (χ2v) is 11.2. The second-order valence-electron chi connectivity index (χ2n) is 10.3. The van der Waals surface area contributed by atoms with Gasteiger partial charge in [-0.15, -0.1) is 11.8 Å². The molecule has 1 aliphatic rings. The number of thioether (sulfide) groups is 1. The number of carbonyl (C=O) groups is 3. The molecule has 1 aliphatic heterocycles. The Bertz CT molecular complexity index is 1330. The molecule has 0 spiro atoms. The van der Waals surface area contributed by atoms with Crippen LogP contribution in [0.15, 0.2) is 71.6 Å². The highest BCUT2D eigenvalue weighted by Crippen LogP contribution is 2.39. The summed E-state index contributed by atoms with van der Waals surface area (Å²) in [7, 11) is 0. The molecule has 0 unspecified atom stereocenters. The number of hydrogen-bond acceptors (Lipinski definition) is 5. The number of aryl methyl sites for hydroxylation is 2. The molecule has 4 rings (SSSR count). The van der Waals surface area contributed by atoms with E-state index in [1.807, 2.05) is 74.7 Å². The summed E-state index contributed by atoms with van der Waals surface area (Å²) in [5.41, 5.74) is 2.35. The topological polar surface area (TPSA) is 83.9 Å². The Kier molecular flexibility index (Phi) is 7.97. The summed E-state index contributed by atoms with van der Waals surface area (Å²) >= 11 is 1.62. The van der Waals surface area contributed by atoms with Crippen LogP contribution in [0.5, 0.6) is 5.75 Å². The number of likely N-dealkylation sites (tertiary alicyclic amines) is 1. The molecule has 38 heavy (non-hydrogen) atoms. The quantitative estimate of drug-likeness (QED) is 0.283. The number of benzene rings is 3. The first-order valence-corrected chi connectivity index (χ1v) is 13.8. The number of rotatable bonds is 8. The zero-order valence-corrected chi connectivity index (χ0v) is 23.2. The Morgan fingerprint density at radius 2 is 1.53 bits per heavy atom. The third-order valence-corrected chi connectivity index (χ3v) is 7.87. The first-order chi connectivity index (χ1) is 18.0. The van der Waals surface area contributed by atoms with Gasteiger partial charge in [0.2, 0.25) is 0 Å². The molecular formula is C31H33NO5S. The lowest BCUT2D eigenvalue weighted by molar-refractivity contribution is -0.152. The molecule has 3 aromatic rings. The van der Waals surface area contributed by atoms with Crippen molar-refractivity contribution in [1.82, 2.24) is 4.90 Å². The molecule has 6 nitrogen and oxygen atoms in total. The highest BCUT2D eigenvalue weighted by molar-refractivity contribution is 7.98. The van der Waals surface area contributed by atoms with Gasteiger partial charge in [-0.2, -0.15) is 0 Å². The number of amides is 1. The Hall–Kier alpha value is -3.58. The predicted molar refractivity (Wildman–Crippen MR) is 149 cm³/mol. The van der Waals surface area contributed by atoms with Gasteiger partial charge in [-0.1, -0.05) is 42.5 Å². The summed E-state index contributed by atoms with van der Waals surface area (Å²) in [4.78, 5) is 41.6. The van der Waals surface area contributed by atoms with Crippen molar-refractivity contribution in [3.8, 4) is 5.75 Å². The average Bonchev–Trinajstić information content (AvgIpc) is 3.36. The Balaban J connectivity index is 1.70. The number of aliphatic carboxylic acids is 1. The van der Waals surface area contributed by atoms with Gasteiger partial charge in [0, 0.05) is 40.9 Å². The van der Waals surface area contributed by atoms with Crippen LogP contribution >= 0.6 is 11.8 Å². The Morgan fingerprint density at radius 1 is 0.921 bits per heavy atom. The van der Waals surface area contributed by atoms with E-state index in [0.29, 0.717) is 30.0 Å². The van der Waals surface area contributed by atoms with Crippen LogP contribution in [0, 0.1) is 19.8 Å². The molecule has 0 aromatic heterocycles. The second kappa shape index (κ2) is 11.0. The van der Waals surface area contributed by atoms with Crippen LogP contribution in [0.2, 0.25) is 0 Å². The summed E-state index contributed by atoms with van der Waals surface area (Å²) in [6.45, 7) is 7.52. The van der Waals surface area contributed by atoms with E-state index in [0.717, 1.165) is 21.6 Å². The lowest BCUT2D eigenvalue weighted by atomic mass is 9.82. The molecule has 2 atom stereocenters. The predicted octanol–water partition coefficient (Wildman–Crippen LogP) is 6.01. The zero-order chi connectivity index (χ0) is 27.6. The fourth-order valence-corrected chi connectivity index (χ4v) is 5.37. The molecule has 0 radical (unpaired) electrons.